The van der Waals surface area contributed by atoms with Crippen LogP contribution in [-0.2, 0) is 0 Å². The van der Waals surface area contributed by atoms with E-state index in [1.807, 2.05) is 0 Å². The molecule has 14 heavy (non-hydrogen) atoms. The van der Waals surface area contributed by atoms with E-state index in [1.165, 1.54) is 12.8 Å². The minimum absolute atomic E-state index is 0.819. The van der Waals surface area contributed by atoms with Crippen LogP contribution in [-0.4, -0.2) is 33.0 Å². The van der Waals surface area contributed by atoms with Crippen molar-refractivity contribution in [3.63, 3.8) is 0 Å². The fraction of sp³-hybridized carbons (Fsp3) is 0.444. The third-order valence-corrected chi connectivity index (χ3v) is 2.55. The number of aromatic amines is 1. The van der Waals surface area contributed by atoms with Crippen LogP contribution >= 0.6 is 0 Å². The first-order valence-corrected chi connectivity index (χ1v) is 4.84. The molecule has 0 bridgehead atoms. The average Bonchev–Trinajstić information content (AvgIpc) is 2.88. The van der Waals surface area contributed by atoms with E-state index in [-0.39, 0.29) is 0 Å². The summed E-state index contributed by atoms with van der Waals surface area (Å²) in [6, 6.07) is 0. The SMILES string of the molecule is c1nc2cnc(N3CCCC3)nc2[nH]1. The van der Waals surface area contributed by atoms with Gasteiger partial charge in [-0.2, -0.15) is 4.98 Å². The minimum Gasteiger partial charge on any atom is -0.341 e. The smallest absolute Gasteiger partial charge is 0.227 e. The van der Waals surface area contributed by atoms with E-state index in [9.17, 15) is 0 Å². The Kier molecular flexibility index (Phi) is 1.62. The third-order valence-electron chi connectivity index (χ3n) is 2.55. The molecule has 3 rings (SSSR count). The van der Waals surface area contributed by atoms with Crippen LogP contribution in [0.4, 0.5) is 5.95 Å². The van der Waals surface area contributed by atoms with Gasteiger partial charge in [0.05, 0.1) is 12.5 Å². The molecule has 1 saturated heterocycles. The van der Waals surface area contributed by atoms with Gasteiger partial charge >= 0.3 is 0 Å². The van der Waals surface area contributed by atoms with Crippen LogP contribution in [0.2, 0.25) is 0 Å². The van der Waals surface area contributed by atoms with Crippen LogP contribution in [0.5, 0.6) is 0 Å². The molecule has 0 unspecified atom stereocenters. The van der Waals surface area contributed by atoms with Crippen LogP contribution in [0.25, 0.3) is 11.2 Å². The number of aromatic nitrogens is 4. The molecule has 1 N–H and O–H groups in total. The number of H-pyrrole nitrogens is 1. The largest absolute Gasteiger partial charge is 0.341 e. The highest BCUT2D eigenvalue weighted by molar-refractivity contribution is 5.69. The molecule has 72 valence electrons. The molecule has 0 aliphatic carbocycles. The van der Waals surface area contributed by atoms with Crippen molar-refractivity contribution in [3.8, 4) is 0 Å². The van der Waals surface area contributed by atoms with Gasteiger partial charge in [-0.15, -0.1) is 0 Å². The maximum absolute atomic E-state index is 4.41. The topological polar surface area (TPSA) is 57.7 Å². The molecule has 0 aromatic carbocycles. The van der Waals surface area contributed by atoms with Gasteiger partial charge < -0.3 is 9.88 Å². The van der Waals surface area contributed by atoms with E-state index in [4.69, 9.17) is 0 Å². The summed E-state index contributed by atoms with van der Waals surface area (Å²) in [6.45, 7) is 2.14. The number of fused-ring (bicyclic) bond motifs is 1. The highest BCUT2D eigenvalue weighted by Gasteiger charge is 2.15. The Bertz CT molecular complexity index is 443. The van der Waals surface area contributed by atoms with Crippen molar-refractivity contribution in [2.24, 2.45) is 0 Å². The molecule has 1 fully saturated rings. The van der Waals surface area contributed by atoms with Crippen LogP contribution in [0.3, 0.4) is 0 Å². The summed E-state index contributed by atoms with van der Waals surface area (Å²) in [6.07, 6.45) is 5.90. The lowest BCUT2D eigenvalue weighted by Crippen LogP contribution is -2.20. The Labute approximate surface area is 81.2 Å². The zero-order valence-electron chi connectivity index (χ0n) is 7.77. The maximum Gasteiger partial charge on any atom is 0.227 e. The number of imidazole rings is 1. The molecule has 0 spiro atoms. The molecule has 2 aromatic heterocycles. The predicted molar refractivity (Wildman–Crippen MR) is 53.1 cm³/mol. The Balaban J connectivity index is 2.04. The third kappa shape index (κ3) is 1.13. The molecule has 2 aromatic rings. The molecular weight excluding hydrogens is 178 g/mol. The highest BCUT2D eigenvalue weighted by atomic mass is 15.3. The summed E-state index contributed by atoms with van der Waals surface area (Å²) in [5, 5.41) is 0. The van der Waals surface area contributed by atoms with Gasteiger partial charge in [-0.3, -0.25) is 0 Å². The Morgan fingerprint density at radius 2 is 2.07 bits per heavy atom. The number of nitrogens with one attached hydrogen (secondary N) is 1. The summed E-state index contributed by atoms with van der Waals surface area (Å²) in [7, 11) is 0. The monoisotopic (exact) mass is 189 g/mol. The van der Waals surface area contributed by atoms with Gasteiger partial charge in [-0.1, -0.05) is 0 Å². The molecule has 0 amide bonds. The van der Waals surface area contributed by atoms with Crippen molar-refractivity contribution in [2.75, 3.05) is 18.0 Å². The Hall–Kier alpha value is -1.65. The first kappa shape index (κ1) is 7.73. The standard InChI is InChI=1S/C9H11N5/c1-2-4-14(3-1)9-10-5-7-8(13-9)12-6-11-7/h5-6H,1-4H2,(H,10,11,12,13). The molecule has 5 nitrogen and oxygen atoms in total. The van der Waals surface area contributed by atoms with Crippen molar-refractivity contribution in [2.45, 2.75) is 12.8 Å². The zero-order valence-corrected chi connectivity index (χ0v) is 7.77. The molecule has 1 aliphatic rings. The molecule has 1 aliphatic heterocycles. The van der Waals surface area contributed by atoms with Crippen LogP contribution in [0.15, 0.2) is 12.5 Å². The Morgan fingerprint density at radius 3 is 2.93 bits per heavy atom. The number of rotatable bonds is 1. The summed E-state index contributed by atoms with van der Waals surface area (Å²) in [5.41, 5.74) is 1.65. The van der Waals surface area contributed by atoms with Crippen molar-refractivity contribution in [1.82, 2.24) is 19.9 Å². The molecule has 0 saturated carbocycles. The lowest BCUT2D eigenvalue weighted by atomic mass is 10.4. The van der Waals surface area contributed by atoms with Crippen molar-refractivity contribution < 1.29 is 0 Å². The zero-order chi connectivity index (χ0) is 9.38. The summed E-state index contributed by atoms with van der Waals surface area (Å²) >= 11 is 0. The molecular formula is C9H11N5. The van der Waals surface area contributed by atoms with Crippen molar-refractivity contribution in [1.29, 1.82) is 0 Å². The van der Waals surface area contributed by atoms with E-state index >= 15 is 0 Å². The van der Waals surface area contributed by atoms with Gasteiger partial charge in [-0.05, 0) is 12.8 Å². The lowest BCUT2D eigenvalue weighted by Gasteiger charge is -2.13. The van der Waals surface area contributed by atoms with Crippen LogP contribution in [0, 0.1) is 0 Å². The highest BCUT2D eigenvalue weighted by Crippen LogP contribution is 2.16. The van der Waals surface area contributed by atoms with E-state index in [0.717, 1.165) is 30.2 Å². The number of nitrogens with zero attached hydrogens (tertiary/aromatic N) is 4. The van der Waals surface area contributed by atoms with E-state index < -0.39 is 0 Å². The summed E-state index contributed by atoms with van der Waals surface area (Å²) in [4.78, 5) is 18.0. The minimum atomic E-state index is 0.819. The summed E-state index contributed by atoms with van der Waals surface area (Å²) < 4.78 is 0. The fourth-order valence-electron chi connectivity index (χ4n) is 1.80. The number of anilines is 1. The van der Waals surface area contributed by atoms with E-state index in [0.29, 0.717) is 0 Å². The van der Waals surface area contributed by atoms with Crippen LogP contribution < -0.4 is 4.90 Å². The number of hydrogen-bond donors (Lipinski definition) is 1. The normalized spacial score (nSPS) is 16.7. The van der Waals surface area contributed by atoms with Crippen LogP contribution in [0.1, 0.15) is 12.8 Å². The molecule has 5 heteroatoms. The molecule has 0 atom stereocenters. The van der Waals surface area contributed by atoms with Gasteiger partial charge in [0.25, 0.3) is 0 Å². The van der Waals surface area contributed by atoms with Gasteiger partial charge in [0.1, 0.15) is 5.52 Å². The Morgan fingerprint density at radius 1 is 1.21 bits per heavy atom. The van der Waals surface area contributed by atoms with Gasteiger partial charge in [0.2, 0.25) is 5.95 Å². The molecule has 0 radical (unpaired) electrons. The van der Waals surface area contributed by atoms with Gasteiger partial charge in [0, 0.05) is 13.1 Å². The molecule has 3 heterocycles. The van der Waals surface area contributed by atoms with Gasteiger partial charge in [0.15, 0.2) is 5.65 Å². The quantitative estimate of drug-likeness (QED) is 0.725. The first-order chi connectivity index (χ1) is 6.93. The number of hydrogen-bond acceptors (Lipinski definition) is 4. The average molecular weight is 189 g/mol. The second kappa shape index (κ2) is 2.94. The van der Waals surface area contributed by atoms with Gasteiger partial charge in [-0.25, -0.2) is 9.97 Å². The van der Waals surface area contributed by atoms with E-state index in [2.05, 4.69) is 24.8 Å². The second-order valence-electron chi connectivity index (χ2n) is 3.50. The van der Waals surface area contributed by atoms with Crippen molar-refractivity contribution >= 4 is 17.1 Å². The maximum atomic E-state index is 4.41. The van der Waals surface area contributed by atoms with E-state index in [1.54, 1.807) is 12.5 Å². The predicted octanol–water partition coefficient (Wildman–Crippen LogP) is 0.953. The second-order valence-corrected chi connectivity index (χ2v) is 3.50. The van der Waals surface area contributed by atoms with Crippen molar-refractivity contribution in [3.05, 3.63) is 12.5 Å². The fourth-order valence-corrected chi connectivity index (χ4v) is 1.80. The lowest BCUT2D eigenvalue weighted by molar-refractivity contribution is 0.905. The summed E-state index contributed by atoms with van der Waals surface area (Å²) in [5.74, 6) is 0.819. The first-order valence-electron chi connectivity index (χ1n) is 4.84.